The third-order valence-corrected chi connectivity index (χ3v) is 6.55. The van der Waals surface area contributed by atoms with Crippen molar-refractivity contribution in [2.75, 3.05) is 50.5 Å². The summed E-state index contributed by atoms with van der Waals surface area (Å²) in [5, 5.41) is 9.91. The molecule has 1 aromatic carbocycles. The molecule has 1 aliphatic heterocycles. The van der Waals surface area contributed by atoms with Crippen LogP contribution in [-0.2, 0) is 16.0 Å². The number of anilines is 3. The van der Waals surface area contributed by atoms with Gasteiger partial charge in [0.2, 0.25) is 0 Å². The first-order chi connectivity index (χ1) is 19.6. The summed E-state index contributed by atoms with van der Waals surface area (Å²) in [6.45, 7) is 5.91. The molecule has 0 aliphatic carbocycles. The molecule has 1 aliphatic rings. The van der Waals surface area contributed by atoms with Gasteiger partial charge in [0, 0.05) is 62.9 Å². The summed E-state index contributed by atoms with van der Waals surface area (Å²) in [6, 6.07) is 17.4. The van der Waals surface area contributed by atoms with E-state index >= 15 is 0 Å². The van der Waals surface area contributed by atoms with Gasteiger partial charge in [0.05, 0.1) is 7.11 Å². The monoisotopic (exact) mass is 539 g/mol. The average molecular weight is 540 g/mol. The summed E-state index contributed by atoms with van der Waals surface area (Å²) in [5.74, 6) is 2.34. The van der Waals surface area contributed by atoms with Gasteiger partial charge >= 0.3 is 5.97 Å². The Kier molecular flexibility index (Phi) is 8.84. The van der Waals surface area contributed by atoms with Crippen molar-refractivity contribution in [1.29, 1.82) is 0 Å². The molecule has 3 N–H and O–H groups in total. The summed E-state index contributed by atoms with van der Waals surface area (Å²) < 4.78 is 4.86. The fraction of sp³-hybridized carbons (Fsp3) is 0.310. The van der Waals surface area contributed by atoms with Crippen LogP contribution >= 0.6 is 0 Å². The average Bonchev–Trinajstić information content (AvgIpc) is 2.98. The van der Waals surface area contributed by atoms with Gasteiger partial charge in [-0.2, -0.15) is 0 Å². The molecular formula is C29H33N9O2. The molecule has 1 saturated heterocycles. The number of carbonyl (C=O) groups excluding carboxylic acids is 1. The number of pyridine rings is 1. The lowest BCUT2D eigenvalue weighted by Gasteiger charge is -2.32. The van der Waals surface area contributed by atoms with Crippen molar-refractivity contribution in [3.63, 3.8) is 0 Å². The first kappa shape index (κ1) is 27.1. The number of aromatic nitrogens is 5. The van der Waals surface area contributed by atoms with Gasteiger partial charge in [-0.25, -0.2) is 24.9 Å². The second-order valence-electron chi connectivity index (χ2n) is 9.54. The number of piperazine rings is 1. The number of rotatable bonds is 10. The zero-order chi connectivity index (χ0) is 27.7. The third kappa shape index (κ3) is 7.33. The highest BCUT2D eigenvalue weighted by atomic mass is 16.5. The quantitative estimate of drug-likeness (QED) is 0.257. The van der Waals surface area contributed by atoms with Crippen LogP contribution in [0.25, 0.3) is 11.5 Å². The largest absolute Gasteiger partial charge is 0.468 e. The Hall–Kier alpha value is -4.48. The third-order valence-electron chi connectivity index (χ3n) is 6.55. The van der Waals surface area contributed by atoms with Crippen LogP contribution in [0, 0.1) is 6.92 Å². The Balaban J connectivity index is 1.13. The second kappa shape index (κ2) is 13.0. The van der Waals surface area contributed by atoms with Crippen LogP contribution < -0.4 is 16.0 Å². The SMILES string of the molecule is COC(=O)C1CN(CCNc2ccc(Cc3nccc(Nc4ccnc(-c5cccc(C)n5)n4)n3)cc2)CCN1. The highest BCUT2D eigenvalue weighted by molar-refractivity contribution is 5.76. The van der Waals surface area contributed by atoms with E-state index in [1.807, 2.05) is 31.2 Å². The van der Waals surface area contributed by atoms with E-state index in [0.29, 0.717) is 36.3 Å². The van der Waals surface area contributed by atoms with Gasteiger partial charge < -0.3 is 20.7 Å². The molecule has 40 heavy (non-hydrogen) atoms. The first-order valence-corrected chi connectivity index (χ1v) is 13.3. The zero-order valence-corrected chi connectivity index (χ0v) is 22.7. The molecule has 1 unspecified atom stereocenters. The Bertz CT molecular complexity index is 1430. The number of esters is 1. The standard InChI is InChI=1S/C29H33N9O2/c1-20-4-3-5-23(34-20)28-33-13-11-26(37-28)35-25-10-12-32-27(36-25)18-21-6-8-22(9-7-21)30-14-16-38-17-15-31-24(19-38)29(39)40-2/h3-13,24,30-31H,14-19H2,1-2H3,(H,32,33,35,36,37). The minimum atomic E-state index is -0.261. The lowest BCUT2D eigenvalue weighted by molar-refractivity contribution is -0.144. The number of aryl methyl sites for hydroxylation is 1. The minimum Gasteiger partial charge on any atom is -0.468 e. The van der Waals surface area contributed by atoms with E-state index in [-0.39, 0.29) is 12.0 Å². The lowest BCUT2D eigenvalue weighted by atomic mass is 10.1. The summed E-state index contributed by atoms with van der Waals surface area (Å²) >= 11 is 0. The van der Waals surface area contributed by atoms with Crippen molar-refractivity contribution in [1.82, 2.24) is 35.1 Å². The molecule has 3 aromatic heterocycles. The van der Waals surface area contributed by atoms with Gasteiger partial charge in [-0.05, 0) is 48.9 Å². The number of nitrogens with zero attached hydrogens (tertiary/aromatic N) is 6. The summed E-state index contributed by atoms with van der Waals surface area (Å²) in [7, 11) is 1.42. The number of nitrogens with one attached hydrogen (secondary N) is 3. The maximum absolute atomic E-state index is 11.8. The van der Waals surface area contributed by atoms with Crippen LogP contribution in [0.5, 0.6) is 0 Å². The van der Waals surface area contributed by atoms with Crippen LogP contribution in [-0.4, -0.2) is 81.7 Å². The highest BCUT2D eigenvalue weighted by Crippen LogP contribution is 2.18. The fourth-order valence-electron chi connectivity index (χ4n) is 4.50. The smallest absolute Gasteiger partial charge is 0.324 e. The van der Waals surface area contributed by atoms with E-state index in [1.165, 1.54) is 7.11 Å². The van der Waals surface area contributed by atoms with Crippen molar-refractivity contribution in [2.45, 2.75) is 19.4 Å². The number of hydrogen-bond acceptors (Lipinski definition) is 11. The van der Waals surface area contributed by atoms with E-state index in [4.69, 9.17) is 4.74 Å². The summed E-state index contributed by atoms with van der Waals surface area (Å²) in [4.78, 5) is 36.6. The second-order valence-corrected chi connectivity index (χ2v) is 9.54. The molecule has 11 nitrogen and oxygen atoms in total. The van der Waals surface area contributed by atoms with Crippen molar-refractivity contribution in [3.8, 4) is 11.5 Å². The number of hydrogen-bond donors (Lipinski definition) is 3. The van der Waals surface area contributed by atoms with E-state index < -0.39 is 0 Å². The molecule has 4 heterocycles. The van der Waals surface area contributed by atoms with Gasteiger partial charge in [0.25, 0.3) is 0 Å². The van der Waals surface area contributed by atoms with Crippen molar-refractivity contribution in [2.24, 2.45) is 0 Å². The number of benzene rings is 1. The number of carbonyl (C=O) groups is 1. The normalized spacial score (nSPS) is 15.4. The molecule has 11 heteroatoms. The van der Waals surface area contributed by atoms with E-state index in [1.54, 1.807) is 18.5 Å². The Morgan fingerprint density at radius 2 is 1.82 bits per heavy atom. The van der Waals surface area contributed by atoms with E-state index in [9.17, 15) is 4.79 Å². The molecule has 0 saturated carbocycles. The molecule has 0 radical (unpaired) electrons. The molecule has 0 bridgehead atoms. The fourth-order valence-corrected chi connectivity index (χ4v) is 4.50. The summed E-state index contributed by atoms with van der Waals surface area (Å²) in [6.07, 6.45) is 4.05. The van der Waals surface area contributed by atoms with Crippen molar-refractivity contribution in [3.05, 3.63) is 84.1 Å². The minimum absolute atomic E-state index is 0.211. The topological polar surface area (TPSA) is 130 Å². The Morgan fingerprint density at radius 1 is 1.02 bits per heavy atom. The Labute approximate surface area is 233 Å². The van der Waals surface area contributed by atoms with E-state index in [0.717, 1.165) is 48.8 Å². The maximum Gasteiger partial charge on any atom is 0.324 e. The van der Waals surface area contributed by atoms with Gasteiger partial charge in [0.15, 0.2) is 5.82 Å². The molecule has 1 fully saturated rings. The number of ether oxygens (including phenoxy) is 1. The predicted molar refractivity (Wildman–Crippen MR) is 153 cm³/mol. The molecule has 1 atom stereocenters. The molecule has 0 amide bonds. The van der Waals surface area contributed by atoms with Crippen LogP contribution in [0.15, 0.2) is 67.0 Å². The van der Waals surface area contributed by atoms with Crippen LogP contribution in [0.4, 0.5) is 17.3 Å². The first-order valence-electron chi connectivity index (χ1n) is 13.3. The lowest BCUT2D eigenvalue weighted by Crippen LogP contribution is -2.55. The van der Waals surface area contributed by atoms with Crippen molar-refractivity contribution >= 4 is 23.3 Å². The molecule has 0 spiro atoms. The predicted octanol–water partition coefficient (Wildman–Crippen LogP) is 2.83. The molecule has 5 rings (SSSR count). The van der Waals surface area contributed by atoms with Gasteiger partial charge in [-0.3, -0.25) is 9.69 Å². The van der Waals surface area contributed by atoms with Crippen LogP contribution in [0.3, 0.4) is 0 Å². The molecule has 4 aromatic rings. The zero-order valence-electron chi connectivity index (χ0n) is 22.7. The van der Waals surface area contributed by atoms with E-state index in [2.05, 4.69) is 70.0 Å². The summed E-state index contributed by atoms with van der Waals surface area (Å²) in [5.41, 5.74) is 3.79. The Morgan fingerprint density at radius 3 is 2.62 bits per heavy atom. The van der Waals surface area contributed by atoms with Gasteiger partial charge in [-0.15, -0.1) is 0 Å². The number of methoxy groups -OCH3 is 1. The van der Waals surface area contributed by atoms with Gasteiger partial charge in [0.1, 0.15) is 29.2 Å². The van der Waals surface area contributed by atoms with Gasteiger partial charge in [-0.1, -0.05) is 18.2 Å². The van der Waals surface area contributed by atoms with Crippen LogP contribution in [0.2, 0.25) is 0 Å². The molecule has 206 valence electrons. The highest BCUT2D eigenvalue weighted by Gasteiger charge is 2.25. The van der Waals surface area contributed by atoms with Crippen molar-refractivity contribution < 1.29 is 9.53 Å². The molecular weight excluding hydrogens is 506 g/mol. The van der Waals surface area contributed by atoms with Crippen LogP contribution in [0.1, 0.15) is 17.1 Å². The maximum atomic E-state index is 11.8.